The van der Waals surface area contributed by atoms with Crippen LogP contribution in [0.5, 0.6) is 0 Å². The molecule has 0 saturated heterocycles. The van der Waals surface area contributed by atoms with Crippen molar-refractivity contribution in [2.24, 2.45) is 0 Å². The molecule has 0 aromatic heterocycles. The maximum absolute atomic E-state index is 3.80. The van der Waals surface area contributed by atoms with E-state index in [4.69, 9.17) is 0 Å². The summed E-state index contributed by atoms with van der Waals surface area (Å²) < 4.78 is 1.55. The predicted octanol–water partition coefficient (Wildman–Crippen LogP) is 7.93. The van der Waals surface area contributed by atoms with Crippen molar-refractivity contribution in [3.05, 3.63) is 116 Å². The van der Waals surface area contributed by atoms with Crippen LogP contribution >= 0.6 is 22.6 Å². The molecule has 0 saturated carbocycles. The second-order valence-corrected chi connectivity index (χ2v) is 19.9. The minimum absolute atomic E-state index is 1.10. The molecular formula is C28H27ISi2. The summed E-state index contributed by atoms with van der Waals surface area (Å²) in [7, 11) is -3.85. The number of rotatable bonds is 3. The predicted molar refractivity (Wildman–Crippen MR) is 149 cm³/mol. The van der Waals surface area contributed by atoms with Gasteiger partial charge in [-0.05, 0) is 37.6 Å². The van der Waals surface area contributed by atoms with E-state index in [1.54, 1.807) is 8.02 Å². The van der Waals surface area contributed by atoms with Gasteiger partial charge in [-0.3, -0.25) is 0 Å². The summed E-state index contributed by atoms with van der Waals surface area (Å²) in [5.74, 6) is 3.52. The van der Waals surface area contributed by atoms with Gasteiger partial charge in [0.25, 0.3) is 0 Å². The molecule has 0 spiro atoms. The Balaban J connectivity index is 1.98. The van der Waals surface area contributed by atoms with Gasteiger partial charge in [0.05, 0.1) is 0 Å². The molecular weight excluding hydrogens is 519 g/mol. The van der Waals surface area contributed by atoms with Gasteiger partial charge in [0, 0.05) is 5.56 Å². The van der Waals surface area contributed by atoms with E-state index in [1.165, 1.54) is 22.3 Å². The van der Waals surface area contributed by atoms with Crippen molar-refractivity contribution in [3.8, 4) is 11.5 Å². The van der Waals surface area contributed by atoms with Gasteiger partial charge >= 0.3 is 0 Å². The Labute approximate surface area is 202 Å². The highest BCUT2D eigenvalue weighted by molar-refractivity contribution is 14.1. The number of halogens is 1. The van der Waals surface area contributed by atoms with Gasteiger partial charge in [-0.1, -0.05) is 138 Å². The number of benzene rings is 3. The average molecular weight is 547 g/mol. The normalized spacial score (nSPS) is 15.6. The van der Waals surface area contributed by atoms with E-state index >= 15 is 0 Å². The molecule has 1 aliphatic rings. The molecule has 0 unspecified atom stereocenters. The number of hydrogen-bond acceptors (Lipinski definition) is 0. The van der Waals surface area contributed by atoms with Crippen molar-refractivity contribution in [2.45, 2.75) is 26.2 Å². The van der Waals surface area contributed by atoms with Gasteiger partial charge in [0.15, 0.2) is 8.07 Å². The highest BCUT2D eigenvalue weighted by Crippen LogP contribution is 2.53. The van der Waals surface area contributed by atoms with Crippen molar-refractivity contribution in [1.82, 2.24) is 0 Å². The van der Waals surface area contributed by atoms with Crippen molar-refractivity contribution >= 4 is 49.9 Å². The average Bonchev–Trinajstić information content (AvgIpc) is 3.01. The maximum atomic E-state index is 3.80. The molecule has 4 rings (SSSR count). The van der Waals surface area contributed by atoms with Gasteiger partial charge in [-0.2, -0.15) is 0 Å². The molecule has 31 heavy (non-hydrogen) atoms. The standard InChI is InChI=1S/C28H27ISi2/c1-30(2,21-20-22-14-8-5-9-15-22)28-26(24-18-12-7-13-19-24)25(27(29)31(28,3)4)23-16-10-6-11-17-23/h5-19H,1-4H3. The van der Waals surface area contributed by atoms with Crippen LogP contribution < -0.4 is 0 Å². The Bertz CT molecular complexity index is 1210. The van der Waals surface area contributed by atoms with Crippen LogP contribution in [0, 0.1) is 11.5 Å². The first kappa shape index (κ1) is 22.1. The van der Waals surface area contributed by atoms with Crippen LogP contribution in [0.25, 0.3) is 11.1 Å². The number of allylic oxidation sites excluding steroid dienone is 2. The highest BCUT2D eigenvalue weighted by Gasteiger charge is 2.47. The first-order valence-electron chi connectivity index (χ1n) is 10.7. The molecule has 154 valence electrons. The molecule has 0 bridgehead atoms. The lowest BCUT2D eigenvalue weighted by atomic mass is 9.95. The van der Waals surface area contributed by atoms with Gasteiger partial charge in [0.1, 0.15) is 8.07 Å². The lowest BCUT2D eigenvalue weighted by Gasteiger charge is -2.31. The summed E-state index contributed by atoms with van der Waals surface area (Å²) >= 11 is 2.65. The first-order valence-corrected chi connectivity index (χ1v) is 17.7. The van der Waals surface area contributed by atoms with Gasteiger partial charge in [0.2, 0.25) is 0 Å². The largest absolute Gasteiger partial charge is 0.156 e. The minimum Gasteiger partial charge on any atom is -0.121 e. The van der Waals surface area contributed by atoms with Crippen molar-refractivity contribution < 1.29 is 0 Å². The molecule has 3 heteroatoms. The molecule has 0 nitrogen and oxygen atoms in total. The summed E-state index contributed by atoms with van der Waals surface area (Å²) in [6, 6.07) is 32.3. The second-order valence-electron chi connectivity index (χ2n) is 9.04. The van der Waals surface area contributed by atoms with Crippen LogP contribution in [0.4, 0.5) is 0 Å². The zero-order valence-electron chi connectivity index (χ0n) is 18.5. The molecule has 0 radical (unpaired) electrons. The third-order valence-corrected chi connectivity index (χ3v) is 19.4. The molecule has 0 amide bonds. The molecule has 1 heterocycles. The van der Waals surface area contributed by atoms with Gasteiger partial charge < -0.3 is 0 Å². The molecule has 3 aromatic carbocycles. The fraction of sp³-hybridized carbons (Fsp3) is 0.143. The quantitative estimate of drug-likeness (QED) is 0.178. The summed E-state index contributed by atoms with van der Waals surface area (Å²) in [5, 5.41) is 0. The van der Waals surface area contributed by atoms with Crippen molar-refractivity contribution in [3.63, 3.8) is 0 Å². The van der Waals surface area contributed by atoms with Crippen LogP contribution in [0.3, 0.4) is 0 Å². The number of hydrogen-bond donors (Lipinski definition) is 0. The Hall–Kier alpha value is -2.14. The summed E-state index contributed by atoms with van der Waals surface area (Å²) in [5.41, 5.74) is 10.4. The Morgan fingerprint density at radius 3 is 1.65 bits per heavy atom. The monoisotopic (exact) mass is 546 g/mol. The van der Waals surface area contributed by atoms with Crippen LogP contribution in [0.15, 0.2) is 99.0 Å². The van der Waals surface area contributed by atoms with Crippen molar-refractivity contribution in [2.75, 3.05) is 0 Å². The van der Waals surface area contributed by atoms with E-state index in [0.717, 1.165) is 5.56 Å². The smallest absolute Gasteiger partial charge is 0.121 e. The lowest BCUT2D eigenvalue weighted by Crippen LogP contribution is -2.43. The topological polar surface area (TPSA) is 0 Å². The third-order valence-electron chi connectivity index (χ3n) is 5.94. The van der Waals surface area contributed by atoms with E-state index in [1.807, 2.05) is 0 Å². The van der Waals surface area contributed by atoms with Crippen molar-refractivity contribution in [1.29, 1.82) is 0 Å². The van der Waals surface area contributed by atoms with E-state index in [0.29, 0.717) is 0 Å². The van der Waals surface area contributed by atoms with Gasteiger partial charge in [-0.25, -0.2) is 0 Å². The SMILES string of the molecule is C[Si](C)(C#Cc1ccccc1)C1=C(c2ccccc2)C(c2ccccc2)=C(I)[Si]1(C)C. The Morgan fingerprint density at radius 2 is 1.13 bits per heavy atom. The summed E-state index contributed by atoms with van der Waals surface area (Å²) in [6.45, 7) is 9.91. The molecule has 3 aromatic rings. The fourth-order valence-corrected chi connectivity index (χ4v) is 17.1. The zero-order valence-corrected chi connectivity index (χ0v) is 22.7. The molecule has 0 atom stereocenters. The second kappa shape index (κ2) is 8.78. The molecule has 0 N–H and O–H groups in total. The van der Waals surface area contributed by atoms with Crippen LogP contribution in [0.2, 0.25) is 26.2 Å². The van der Waals surface area contributed by atoms with Crippen LogP contribution in [-0.4, -0.2) is 16.1 Å². The molecule has 0 fully saturated rings. The highest BCUT2D eigenvalue weighted by atomic mass is 127. The van der Waals surface area contributed by atoms with Crippen LogP contribution in [0.1, 0.15) is 16.7 Å². The third kappa shape index (κ3) is 4.30. The molecule has 1 aliphatic heterocycles. The van der Waals surface area contributed by atoms with E-state index in [-0.39, 0.29) is 0 Å². The van der Waals surface area contributed by atoms with E-state index < -0.39 is 16.1 Å². The molecule has 0 aliphatic carbocycles. The summed E-state index contributed by atoms with van der Waals surface area (Å²) in [4.78, 5) is 1.66. The summed E-state index contributed by atoms with van der Waals surface area (Å²) in [6.07, 6.45) is 0. The fourth-order valence-electron chi connectivity index (χ4n) is 4.65. The lowest BCUT2D eigenvalue weighted by molar-refractivity contribution is 1.59. The zero-order chi connectivity index (χ0) is 22.1. The maximum Gasteiger partial charge on any atom is 0.156 e. The minimum atomic E-state index is -2.02. The van der Waals surface area contributed by atoms with E-state index in [9.17, 15) is 0 Å². The van der Waals surface area contributed by atoms with Gasteiger partial charge in [-0.15, -0.1) is 5.54 Å². The first-order chi connectivity index (χ1) is 14.8. The van der Waals surface area contributed by atoms with E-state index in [2.05, 4.69) is 151 Å². The Kier molecular flexibility index (Phi) is 6.25. The van der Waals surface area contributed by atoms with Crippen LogP contribution in [-0.2, 0) is 0 Å². The Morgan fingerprint density at radius 1 is 0.677 bits per heavy atom.